The third-order valence-corrected chi connectivity index (χ3v) is 6.24. The van der Waals surface area contributed by atoms with Crippen molar-refractivity contribution in [2.45, 2.75) is 31.8 Å². The summed E-state index contributed by atoms with van der Waals surface area (Å²) in [5.74, 6) is -0.793. The summed E-state index contributed by atoms with van der Waals surface area (Å²) in [7, 11) is -3.45. The molecule has 0 aliphatic carbocycles. The van der Waals surface area contributed by atoms with Crippen molar-refractivity contribution in [1.29, 1.82) is 0 Å². The molecule has 3 aliphatic rings. The Labute approximate surface area is 169 Å². The van der Waals surface area contributed by atoms with E-state index in [2.05, 4.69) is 10.2 Å². The molecule has 0 spiro atoms. The summed E-state index contributed by atoms with van der Waals surface area (Å²) in [4.78, 5) is 40.0. The fraction of sp³-hybridized carbons (Fsp3) is 0.526. The second-order valence-corrected chi connectivity index (χ2v) is 9.47. The van der Waals surface area contributed by atoms with Crippen LogP contribution >= 0.6 is 0 Å². The standard InChI is InChI=1S/C19H23N3O6S/c1-29(26,27)28-11-12-6-7-21(9-12)14-2-3-15-13(8-14)10-22(19(15)25)16-4-5-17(23)20-18(16)24/h2-3,8,12,16H,4-7,9-11H2,1H3,(H,20,23,24)/t12-,16?/m0/s1. The topological polar surface area (TPSA) is 113 Å². The average molecular weight is 421 g/mol. The van der Waals surface area contributed by atoms with E-state index in [0.29, 0.717) is 25.1 Å². The minimum atomic E-state index is -3.45. The Kier molecular flexibility index (Phi) is 5.07. The lowest BCUT2D eigenvalue weighted by Crippen LogP contribution is -2.52. The molecule has 2 atom stereocenters. The van der Waals surface area contributed by atoms with E-state index < -0.39 is 22.1 Å². The van der Waals surface area contributed by atoms with Crippen molar-refractivity contribution in [3.63, 3.8) is 0 Å². The molecule has 0 radical (unpaired) electrons. The van der Waals surface area contributed by atoms with Crippen molar-refractivity contribution in [2.75, 3.05) is 30.9 Å². The highest BCUT2D eigenvalue weighted by atomic mass is 32.2. The Hall–Kier alpha value is -2.46. The first-order valence-electron chi connectivity index (χ1n) is 9.58. The second-order valence-electron chi connectivity index (χ2n) is 7.83. The van der Waals surface area contributed by atoms with Crippen LogP contribution in [0.3, 0.4) is 0 Å². The first-order chi connectivity index (χ1) is 13.7. The predicted molar refractivity (Wildman–Crippen MR) is 104 cm³/mol. The normalized spacial score (nSPS) is 24.8. The second kappa shape index (κ2) is 7.42. The van der Waals surface area contributed by atoms with Crippen molar-refractivity contribution in [2.24, 2.45) is 5.92 Å². The van der Waals surface area contributed by atoms with E-state index in [1.807, 2.05) is 12.1 Å². The van der Waals surface area contributed by atoms with Crippen LogP contribution in [0.25, 0.3) is 0 Å². The lowest BCUT2D eigenvalue weighted by molar-refractivity contribution is -0.136. The van der Waals surface area contributed by atoms with Crippen LogP contribution in [0.4, 0.5) is 5.69 Å². The van der Waals surface area contributed by atoms with E-state index in [1.54, 1.807) is 6.07 Å². The smallest absolute Gasteiger partial charge is 0.264 e. The maximum Gasteiger partial charge on any atom is 0.264 e. The third kappa shape index (κ3) is 4.13. The fourth-order valence-corrected chi connectivity index (χ4v) is 4.62. The summed E-state index contributed by atoms with van der Waals surface area (Å²) in [5.41, 5.74) is 2.39. The van der Waals surface area contributed by atoms with Crippen molar-refractivity contribution in [3.8, 4) is 0 Å². The number of piperidine rings is 1. The molecule has 0 saturated carbocycles. The zero-order chi connectivity index (χ0) is 20.8. The van der Waals surface area contributed by atoms with Crippen molar-refractivity contribution < 1.29 is 27.0 Å². The van der Waals surface area contributed by atoms with Crippen LogP contribution in [-0.2, 0) is 30.4 Å². The lowest BCUT2D eigenvalue weighted by atomic mass is 10.0. The summed E-state index contributed by atoms with van der Waals surface area (Å²) in [5, 5.41) is 2.30. The molecule has 3 heterocycles. The summed E-state index contributed by atoms with van der Waals surface area (Å²) in [6, 6.07) is 4.99. The number of imide groups is 1. The van der Waals surface area contributed by atoms with Gasteiger partial charge in [0.1, 0.15) is 6.04 Å². The van der Waals surface area contributed by atoms with E-state index in [9.17, 15) is 22.8 Å². The summed E-state index contributed by atoms with van der Waals surface area (Å²) in [6.07, 6.45) is 2.44. The van der Waals surface area contributed by atoms with Gasteiger partial charge in [-0.25, -0.2) is 0 Å². The van der Waals surface area contributed by atoms with Gasteiger partial charge in [0.15, 0.2) is 0 Å². The van der Waals surface area contributed by atoms with Gasteiger partial charge in [0.25, 0.3) is 16.0 Å². The van der Waals surface area contributed by atoms with E-state index in [4.69, 9.17) is 4.18 Å². The maximum absolute atomic E-state index is 12.8. The number of amides is 3. The first-order valence-corrected chi connectivity index (χ1v) is 11.4. The summed E-state index contributed by atoms with van der Waals surface area (Å²) < 4.78 is 27.3. The zero-order valence-corrected chi connectivity index (χ0v) is 16.9. The van der Waals surface area contributed by atoms with Crippen LogP contribution in [-0.4, -0.2) is 63.0 Å². The number of hydrogen-bond acceptors (Lipinski definition) is 7. The number of nitrogens with zero attached hydrogens (tertiary/aromatic N) is 2. The predicted octanol–water partition coefficient (Wildman–Crippen LogP) is 0.250. The molecule has 1 N–H and O–H groups in total. The van der Waals surface area contributed by atoms with E-state index in [-0.39, 0.29) is 30.8 Å². The van der Waals surface area contributed by atoms with Crippen LogP contribution in [0.15, 0.2) is 18.2 Å². The molecule has 2 saturated heterocycles. The highest BCUT2D eigenvalue weighted by molar-refractivity contribution is 7.85. The van der Waals surface area contributed by atoms with Gasteiger partial charge in [-0.2, -0.15) is 8.42 Å². The number of rotatable bonds is 5. The number of nitrogens with one attached hydrogen (secondary N) is 1. The van der Waals surface area contributed by atoms with Gasteiger partial charge in [0.05, 0.1) is 12.9 Å². The van der Waals surface area contributed by atoms with Crippen LogP contribution in [0, 0.1) is 5.92 Å². The van der Waals surface area contributed by atoms with E-state index in [1.165, 1.54) is 4.90 Å². The number of carbonyl (C=O) groups excluding carboxylic acids is 3. The molecule has 3 aliphatic heterocycles. The summed E-state index contributed by atoms with van der Waals surface area (Å²) in [6.45, 7) is 1.96. The van der Waals surface area contributed by atoms with Crippen LogP contribution in [0.5, 0.6) is 0 Å². The number of benzene rings is 1. The van der Waals surface area contributed by atoms with Gasteiger partial charge < -0.3 is 9.80 Å². The number of fused-ring (bicyclic) bond motifs is 1. The molecule has 10 heteroatoms. The quantitative estimate of drug-likeness (QED) is 0.536. The molecule has 2 fully saturated rings. The molecule has 3 amide bonds. The monoisotopic (exact) mass is 421 g/mol. The maximum atomic E-state index is 12.8. The molecular formula is C19H23N3O6S. The molecule has 1 unspecified atom stereocenters. The Bertz CT molecular complexity index is 976. The first kappa shape index (κ1) is 19.8. The van der Waals surface area contributed by atoms with E-state index in [0.717, 1.165) is 30.5 Å². The van der Waals surface area contributed by atoms with Crippen molar-refractivity contribution in [3.05, 3.63) is 29.3 Å². The molecule has 156 valence electrons. The van der Waals surface area contributed by atoms with Crippen LogP contribution in [0.2, 0.25) is 0 Å². The molecular weight excluding hydrogens is 398 g/mol. The number of hydrogen-bond donors (Lipinski definition) is 1. The van der Waals surface area contributed by atoms with Crippen LogP contribution < -0.4 is 10.2 Å². The van der Waals surface area contributed by atoms with Gasteiger partial charge in [0, 0.05) is 43.2 Å². The largest absolute Gasteiger partial charge is 0.371 e. The van der Waals surface area contributed by atoms with Gasteiger partial charge in [-0.3, -0.25) is 23.9 Å². The zero-order valence-electron chi connectivity index (χ0n) is 16.1. The van der Waals surface area contributed by atoms with Crippen molar-refractivity contribution in [1.82, 2.24) is 10.2 Å². The van der Waals surface area contributed by atoms with Gasteiger partial charge in [0.2, 0.25) is 11.8 Å². The molecule has 1 aromatic rings. The molecule has 4 rings (SSSR count). The molecule has 9 nitrogen and oxygen atoms in total. The van der Waals surface area contributed by atoms with E-state index >= 15 is 0 Å². The SMILES string of the molecule is CS(=O)(=O)OC[C@H]1CCN(c2ccc3c(c2)CN(C2CCC(=O)NC2=O)C3=O)C1. The average Bonchev–Trinajstić information content (AvgIpc) is 3.24. The molecule has 1 aromatic carbocycles. The summed E-state index contributed by atoms with van der Waals surface area (Å²) >= 11 is 0. The van der Waals surface area contributed by atoms with Crippen LogP contribution in [0.1, 0.15) is 35.2 Å². The minimum Gasteiger partial charge on any atom is -0.371 e. The van der Waals surface area contributed by atoms with Gasteiger partial charge >= 0.3 is 0 Å². The lowest BCUT2D eigenvalue weighted by Gasteiger charge is -2.29. The molecule has 0 aromatic heterocycles. The Balaban J connectivity index is 1.44. The Morgan fingerprint density at radius 3 is 2.72 bits per heavy atom. The van der Waals surface area contributed by atoms with Gasteiger partial charge in [-0.15, -0.1) is 0 Å². The number of anilines is 1. The van der Waals surface area contributed by atoms with Gasteiger partial charge in [-0.1, -0.05) is 0 Å². The third-order valence-electron chi connectivity index (χ3n) is 5.68. The highest BCUT2D eigenvalue weighted by Crippen LogP contribution is 2.32. The molecule has 29 heavy (non-hydrogen) atoms. The Morgan fingerprint density at radius 2 is 2.00 bits per heavy atom. The fourth-order valence-electron chi connectivity index (χ4n) is 4.18. The van der Waals surface area contributed by atoms with Crippen molar-refractivity contribution >= 4 is 33.5 Å². The number of carbonyl (C=O) groups is 3. The van der Waals surface area contributed by atoms with Gasteiger partial charge in [-0.05, 0) is 36.6 Å². The highest BCUT2D eigenvalue weighted by Gasteiger charge is 2.39. The molecule has 0 bridgehead atoms. The Morgan fingerprint density at radius 1 is 1.21 bits per heavy atom. The minimum absolute atomic E-state index is 0.125.